The van der Waals surface area contributed by atoms with Crippen LogP contribution in [-0.2, 0) is 13.2 Å². The van der Waals surface area contributed by atoms with Gasteiger partial charge in [0, 0.05) is 43.5 Å². The summed E-state index contributed by atoms with van der Waals surface area (Å²) in [6.45, 7) is 2.50. The molecule has 0 saturated heterocycles. The van der Waals surface area contributed by atoms with Crippen molar-refractivity contribution in [2.24, 2.45) is 0 Å². The Bertz CT molecular complexity index is 1330. The SMILES string of the molecule is COc1ccc(C(=O)Nc2cc(C)n(Cc3c(Cl)cccc3Cl)n2)cc1COc1ccc(Cl)cc1. The molecular weight excluding hydrogens is 509 g/mol. The first kappa shape index (κ1) is 24.9. The van der Waals surface area contributed by atoms with Crippen molar-refractivity contribution in [2.75, 3.05) is 12.4 Å². The van der Waals surface area contributed by atoms with Gasteiger partial charge in [-0.15, -0.1) is 0 Å². The highest BCUT2D eigenvalue weighted by molar-refractivity contribution is 6.36. The fraction of sp³-hybridized carbons (Fsp3) is 0.154. The molecule has 1 amide bonds. The van der Waals surface area contributed by atoms with E-state index in [2.05, 4.69) is 10.4 Å². The summed E-state index contributed by atoms with van der Waals surface area (Å²) in [7, 11) is 1.57. The van der Waals surface area contributed by atoms with Crippen molar-refractivity contribution >= 4 is 46.5 Å². The first-order chi connectivity index (χ1) is 16.8. The molecule has 1 heterocycles. The summed E-state index contributed by atoms with van der Waals surface area (Å²) in [5, 5.41) is 9.09. The van der Waals surface area contributed by atoms with Crippen LogP contribution in [0.5, 0.6) is 11.5 Å². The molecule has 0 aliphatic carbocycles. The van der Waals surface area contributed by atoms with Crippen molar-refractivity contribution in [3.8, 4) is 11.5 Å². The number of anilines is 1. The van der Waals surface area contributed by atoms with Gasteiger partial charge in [0.15, 0.2) is 5.82 Å². The highest BCUT2D eigenvalue weighted by Gasteiger charge is 2.15. The second-order valence-electron chi connectivity index (χ2n) is 7.75. The lowest BCUT2D eigenvalue weighted by Gasteiger charge is -2.12. The van der Waals surface area contributed by atoms with Gasteiger partial charge in [0.25, 0.3) is 5.91 Å². The Morgan fingerprint density at radius 1 is 1.00 bits per heavy atom. The molecule has 1 N–H and O–H groups in total. The van der Waals surface area contributed by atoms with E-state index in [0.29, 0.717) is 44.5 Å². The first-order valence-corrected chi connectivity index (χ1v) is 11.8. The summed E-state index contributed by atoms with van der Waals surface area (Å²) in [4.78, 5) is 13.0. The van der Waals surface area contributed by atoms with Crippen LogP contribution in [0, 0.1) is 6.92 Å². The van der Waals surface area contributed by atoms with E-state index in [-0.39, 0.29) is 12.5 Å². The molecule has 0 spiro atoms. The van der Waals surface area contributed by atoms with Crippen LogP contribution < -0.4 is 14.8 Å². The Hall–Kier alpha value is -3.19. The average molecular weight is 531 g/mol. The number of rotatable bonds is 8. The average Bonchev–Trinajstić information content (AvgIpc) is 3.19. The third-order valence-corrected chi connectivity index (χ3v) is 6.30. The third kappa shape index (κ3) is 6.09. The van der Waals surface area contributed by atoms with Gasteiger partial charge in [0.2, 0.25) is 0 Å². The normalized spacial score (nSPS) is 10.8. The number of amides is 1. The molecule has 4 rings (SSSR count). The minimum absolute atomic E-state index is 0.220. The molecule has 180 valence electrons. The summed E-state index contributed by atoms with van der Waals surface area (Å²) in [5.41, 5.74) is 2.79. The smallest absolute Gasteiger partial charge is 0.256 e. The first-order valence-electron chi connectivity index (χ1n) is 10.7. The van der Waals surface area contributed by atoms with Gasteiger partial charge in [0.05, 0.1) is 13.7 Å². The molecule has 0 fully saturated rings. The predicted molar refractivity (Wildman–Crippen MR) is 139 cm³/mol. The third-order valence-electron chi connectivity index (χ3n) is 5.34. The zero-order valence-corrected chi connectivity index (χ0v) is 21.3. The van der Waals surface area contributed by atoms with Gasteiger partial charge in [-0.05, 0) is 61.5 Å². The lowest BCUT2D eigenvalue weighted by atomic mass is 10.1. The monoisotopic (exact) mass is 529 g/mol. The van der Waals surface area contributed by atoms with Gasteiger partial charge in [0.1, 0.15) is 18.1 Å². The fourth-order valence-electron chi connectivity index (χ4n) is 3.48. The number of methoxy groups -OCH3 is 1. The van der Waals surface area contributed by atoms with Crippen molar-refractivity contribution in [3.05, 3.63) is 104 Å². The van der Waals surface area contributed by atoms with Gasteiger partial charge in [-0.3, -0.25) is 9.48 Å². The number of hydrogen-bond acceptors (Lipinski definition) is 4. The van der Waals surface area contributed by atoms with Crippen molar-refractivity contribution in [2.45, 2.75) is 20.1 Å². The second kappa shape index (κ2) is 11.0. The molecule has 0 saturated carbocycles. The Morgan fingerprint density at radius 3 is 2.40 bits per heavy atom. The number of nitrogens with one attached hydrogen (secondary N) is 1. The number of carbonyl (C=O) groups excluding carboxylic acids is 1. The quantitative estimate of drug-likeness (QED) is 0.265. The number of carbonyl (C=O) groups is 1. The maximum absolute atomic E-state index is 13.0. The molecule has 0 aliphatic heterocycles. The van der Waals surface area contributed by atoms with Crippen LogP contribution >= 0.6 is 34.8 Å². The van der Waals surface area contributed by atoms with Crippen molar-refractivity contribution in [1.82, 2.24) is 9.78 Å². The highest BCUT2D eigenvalue weighted by Crippen LogP contribution is 2.27. The van der Waals surface area contributed by atoms with E-state index in [0.717, 1.165) is 16.8 Å². The Balaban J connectivity index is 1.48. The summed E-state index contributed by atoms with van der Waals surface area (Å²) < 4.78 is 13.0. The number of halogens is 3. The van der Waals surface area contributed by atoms with Crippen LogP contribution in [0.15, 0.2) is 66.7 Å². The molecule has 4 aromatic rings. The largest absolute Gasteiger partial charge is 0.496 e. The van der Waals surface area contributed by atoms with Crippen molar-refractivity contribution in [1.29, 1.82) is 0 Å². The van der Waals surface area contributed by atoms with Gasteiger partial charge < -0.3 is 14.8 Å². The molecule has 35 heavy (non-hydrogen) atoms. The van der Waals surface area contributed by atoms with Crippen LogP contribution in [0.25, 0.3) is 0 Å². The number of benzene rings is 3. The van der Waals surface area contributed by atoms with E-state index in [1.54, 1.807) is 78.5 Å². The molecule has 0 unspecified atom stereocenters. The molecule has 6 nitrogen and oxygen atoms in total. The summed E-state index contributed by atoms with van der Waals surface area (Å²) in [6.07, 6.45) is 0. The van der Waals surface area contributed by atoms with Crippen LogP contribution in [0.3, 0.4) is 0 Å². The molecule has 3 aromatic carbocycles. The lowest BCUT2D eigenvalue weighted by Crippen LogP contribution is -2.14. The highest BCUT2D eigenvalue weighted by atomic mass is 35.5. The van der Waals surface area contributed by atoms with Gasteiger partial charge in [-0.1, -0.05) is 40.9 Å². The molecule has 0 aliphatic rings. The molecule has 9 heteroatoms. The lowest BCUT2D eigenvalue weighted by molar-refractivity contribution is 0.102. The fourth-order valence-corrected chi connectivity index (χ4v) is 4.12. The Kier molecular flexibility index (Phi) is 7.86. The minimum Gasteiger partial charge on any atom is -0.496 e. The molecule has 1 aromatic heterocycles. The predicted octanol–water partition coefficient (Wildman–Crippen LogP) is 7.04. The van der Waals surface area contributed by atoms with Gasteiger partial charge in [-0.25, -0.2) is 0 Å². The molecular formula is C26H22Cl3N3O3. The zero-order valence-electron chi connectivity index (χ0n) is 19.0. The van der Waals surface area contributed by atoms with Crippen molar-refractivity contribution in [3.63, 3.8) is 0 Å². The van der Waals surface area contributed by atoms with E-state index in [4.69, 9.17) is 44.3 Å². The van der Waals surface area contributed by atoms with Gasteiger partial charge in [-0.2, -0.15) is 5.10 Å². The van der Waals surface area contributed by atoms with Crippen molar-refractivity contribution < 1.29 is 14.3 Å². The Labute approximate surface area is 218 Å². The zero-order chi connectivity index (χ0) is 24.9. The molecule has 0 radical (unpaired) electrons. The van der Waals surface area contributed by atoms with E-state index >= 15 is 0 Å². The summed E-state index contributed by atoms with van der Waals surface area (Å²) in [5.74, 6) is 1.39. The number of aromatic nitrogens is 2. The van der Waals surface area contributed by atoms with Crippen LogP contribution in [-0.4, -0.2) is 22.8 Å². The van der Waals surface area contributed by atoms with E-state index in [9.17, 15) is 4.79 Å². The molecule has 0 atom stereocenters. The van der Waals surface area contributed by atoms with Crippen LogP contribution in [0.4, 0.5) is 5.82 Å². The van der Waals surface area contributed by atoms with E-state index < -0.39 is 0 Å². The Morgan fingerprint density at radius 2 is 1.71 bits per heavy atom. The van der Waals surface area contributed by atoms with E-state index in [1.165, 1.54) is 0 Å². The van der Waals surface area contributed by atoms with Gasteiger partial charge >= 0.3 is 0 Å². The maximum Gasteiger partial charge on any atom is 0.256 e. The van der Waals surface area contributed by atoms with E-state index in [1.807, 2.05) is 6.92 Å². The number of hydrogen-bond donors (Lipinski definition) is 1. The van der Waals surface area contributed by atoms with Crippen LogP contribution in [0.1, 0.15) is 27.2 Å². The maximum atomic E-state index is 13.0. The standard InChI is InChI=1S/C26H22Cl3N3O3/c1-16-12-25(31-32(16)14-21-22(28)4-3-5-23(21)29)30-26(33)17-6-11-24(34-2)18(13-17)15-35-20-9-7-19(27)8-10-20/h3-13H,14-15H2,1-2H3,(H,30,31,33). The minimum atomic E-state index is -0.305. The van der Waals surface area contributed by atoms with Crippen LogP contribution in [0.2, 0.25) is 15.1 Å². The summed E-state index contributed by atoms with van der Waals surface area (Å²) >= 11 is 18.5. The topological polar surface area (TPSA) is 65.4 Å². The molecule has 0 bridgehead atoms. The second-order valence-corrected chi connectivity index (χ2v) is 9.00. The number of aryl methyl sites for hydroxylation is 1. The number of nitrogens with zero attached hydrogens (tertiary/aromatic N) is 2. The summed E-state index contributed by atoms with van der Waals surface area (Å²) in [6, 6.07) is 19.3. The number of ether oxygens (including phenoxy) is 2.